The number of rotatable bonds is 4. The van der Waals surface area contributed by atoms with Crippen molar-refractivity contribution in [3.8, 4) is 0 Å². The van der Waals surface area contributed by atoms with E-state index in [2.05, 4.69) is 22.9 Å². The second-order valence-electron chi connectivity index (χ2n) is 3.36. The summed E-state index contributed by atoms with van der Waals surface area (Å²) in [5.74, 6) is 0.504. The Morgan fingerprint density at radius 3 is 2.83 bits per heavy atom. The zero-order chi connectivity index (χ0) is 9.14. The van der Waals surface area contributed by atoms with Gasteiger partial charge in [0.1, 0.15) is 6.10 Å². The molecule has 1 rings (SSSR count). The fourth-order valence-corrected chi connectivity index (χ4v) is 1.80. The Balaban J connectivity index is 2.14. The summed E-state index contributed by atoms with van der Waals surface area (Å²) in [6, 6.07) is 0. The van der Waals surface area contributed by atoms with Gasteiger partial charge in [0.05, 0.1) is 0 Å². The smallest absolute Gasteiger partial charge is 0.306 e. The van der Waals surface area contributed by atoms with Crippen LogP contribution in [0.15, 0.2) is 0 Å². The Hall–Kier alpha value is -0.0500. The molecule has 0 aliphatic heterocycles. The molecular weight excluding hydrogens is 220 g/mol. The number of carbonyl (C=O) groups excluding carboxylic acids is 1. The highest BCUT2D eigenvalue weighted by molar-refractivity contribution is 9.09. The quantitative estimate of drug-likeness (QED) is 0.552. The summed E-state index contributed by atoms with van der Waals surface area (Å²) in [5, 5.41) is 0. The van der Waals surface area contributed by atoms with Crippen molar-refractivity contribution >= 4 is 21.9 Å². The van der Waals surface area contributed by atoms with Gasteiger partial charge in [-0.3, -0.25) is 4.79 Å². The number of halogens is 1. The first-order valence-corrected chi connectivity index (χ1v) is 5.40. The van der Waals surface area contributed by atoms with Crippen molar-refractivity contribution in [1.82, 2.24) is 0 Å². The molecule has 0 spiro atoms. The van der Waals surface area contributed by atoms with Gasteiger partial charge in [0.15, 0.2) is 0 Å². The van der Waals surface area contributed by atoms with Crippen LogP contribution < -0.4 is 0 Å². The Kier molecular flexibility index (Phi) is 3.56. The monoisotopic (exact) mass is 234 g/mol. The van der Waals surface area contributed by atoms with E-state index in [1.807, 2.05) is 6.92 Å². The standard InChI is InChI=1S/C9H15BrO2/c1-3-4-9(11)12-8-5-7(8)6(2)10/h6-8H,3-5H2,1-2H3. The highest BCUT2D eigenvalue weighted by Crippen LogP contribution is 2.39. The Morgan fingerprint density at radius 1 is 1.75 bits per heavy atom. The van der Waals surface area contributed by atoms with Crippen LogP contribution in [0.5, 0.6) is 0 Å². The minimum Gasteiger partial charge on any atom is -0.462 e. The highest BCUT2D eigenvalue weighted by atomic mass is 79.9. The molecule has 0 amide bonds. The third kappa shape index (κ3) is 2.77. The first kappa shape index (κ1) is 10.0. The van der Waals surface area contributed by atoms with Gasteiger partial charge in [0.2, 0.25) is 0 Å². The lowest BCUT2D eigenvalue weighted by Crippen LogP contribution is -2.09. The molecule has 12 heavy (non-hydrogen) atoms. The molecule has 0 saturated heterocycles. The molecule has 0 radical (unpaired) electrons. The number of hydrogen-bond donors (Lipinski definition) is 0. The third-order valence-corrected chi connectivity index (χ3v) is 2.78. The van der Waals surface area contributed by atoms with E-state index in [4.69, 9.17) is 4.74 Å². The van der Waals surface area contributed by atoms with E-state index in [1.165, 1.54) is 0 Å². The van der Waals surface area contributed by atoms with Crippen LogP contribution in [-0.4, -0.2) is 16.9 Å². The van der Waals surface area contributed by atoms with E-state index >= 15 is 0 Å². The van der Waals surface area contributed by atoms with Crippen molar-refractivity contribution in [2.45, 2.75) is 44.0 Å². The summed E-state index contributed by atoms with van der Waals surface area (Å²) in [5.41, 5.74) is 0. The molecular formula is C9H15BrO2. The van der Waals surface area contributed by atoms with Gasteiger partial charge in [-0.1, -0.05) is 29.8 Å². The SMILES string of the molecule is CCCC(=O)OC1CC1C(C)Br. The summed E-state index contributed by atoms with van der Waals surface area (Å²) in [7, 11) is 0. The van der Waals surface area contributed by atoms with Crippen molar-refractivity contribution in [3.05, 3.63) is 0 Å². The minimum absolute atomic E-state index is 0.0434. The molecule has 3 heteroatoms. The second-order valence-corrected chi connectivity index (χ2v) is 4.80. The van der Waals surface area contributed by atoms with Gasteiger partial charge in [-0.2, -0.15) is 0 Å². The number of hydrogen-bond acceptors (Lipinski definition) is 2. The largest absolute Gasteiger partial charge is 0.462 e. The summed E-state index contributed by atoms with van der Waals surface area (Å²) in [6.07, 6.45) is 2.65. The summed E-state index contributed by atoms with van der Waals surface area (Å²) >= 11 is 3.48. The molecule has 1 aliphatic carbocycles. The Bertz CT molecular complexity index is 168. The molecule has 0 bridgehead atoms. The lowest BCUT2D eigenvalue weighted by atomic mass is 10.3. The van der Waals surface area contributed by atoms with Crippen LogP contribution in [0.1, 0.15) is 33.1 Å². The maximum atomic E-state index is 11.0. The van der Waals surface area contributed by atoms with E-state index in [1.54, 1.807) is 0 Å². The zero-order valence-corrected chi connectivity index (χ0v) is 9.13. The van der Waals surface area contributed by atoms with Gasteiger partial charge >= 0.3 is 5.97 Å². The van der Waals surface area contributed by atoms with Gasteiger partial charge < -0.3 is 4.74 Å². The number of alkyl halides is 1. The van der Waals surface area contributed by atoms with E-state index in [0.29, 0.717) is 17.2 Å². The van der Waals surface area contributed by atoms with Crippen molar-refractivity contribution in [3.63, 3.8) is 0 Å². The molecule has 2 nitrogen and oxygen atoms in total. The van der Waals surface area contributed by atoms with E-state index in [-0.39, 0.29) is 12.1 Å². The summed E-state index contributed by atoms with van der Waals surface area (Å²) < 4.78 is 5.21. The predicted molar refractivity (Wildman–Crippen MR) is 51.3 cm³/mol. The van der Waals surface area contributed by atoms with Gasteiger partial charge in [-0.05, 0) is 12.8 Å². The molecule has 1 fully saturated rings. The van der Waals surface area contributed by atoms with Gasteiger partial charge in [0.25, 0.3) is 0 Å². The Morgan fingerprint density at radius 2 is 2.42 bits per heavy atom. The fourth-order valence-electron chi connectivity index (χ4n) is 1.24. The van der Waals surface area contributed by atoms with Crippen LogP contribution in [0.2, 0.25) is 0 Å². The van der Waals surface area contributed by atoms with Crippen LogP contribution in [0.3, 0.4) is 0 Å². The second kappa shape index (κ2) is 4.26. The van der Waals surface area contributed by atoms with Crippen molar-refractivity contribution < 1.29 is 9.53 Å². The van der Waals surface area contributed by atoms with Crippen molar-refractivity contribution in [2.24, 2.45) is 5.92 Å². The Labute approximate surface area is 81.8 Å². The van der Waals surface area contributed by atoms with Crippen LogP contribution in [-0.2, 0) is 9.53 Å². The maximum absolute atomic E-state index is 11.0. The average molecular weight is 235 g/mol. The molecule has 3 unspecified atom stereocenters. The topological polar surface area (TPSA) is 26.3 Å². The van der Waals surface area contributed by atoms with Crippen LogP contribution >= 0.6 is 15.9 Å². The minimum atomic E-state index is -0.0434. The van der Waals surface area contributed by atoms with Crippen molar-refractivity contribution in [2.75, 3.05) is 0 Å². The molecule has 0 aromatic carbocycles. The fraction of sp³-hybridized carbons (Fsp3) is 0.889. The zero-order valence-electron chi connectivity index (χ0n) is 7.55. The lowest BCUT2D eigenvalue weighted by molar-refractivity contribution is -0.145. The van der Waals surface area contributed by atoms with E-state index in [9.17, 15) is 4.79 Å². The number of esters is 1. The normalized spacial score (nSPS) is 29.6. The number of carbonyl (C=O) groups is 1. The molecule has 0 aromatic heterocycles. The molecule has 1 aliphatic rings. The number of ether oxygens (including phenoxy) is 1. The van der Waals surface area contributed by atoms with Crippen LogP contribution in [0, 0.1) is 5.92 Å². The summed E-state index contributed by atoms with van der Waals surface area (Å²) in [4.78, 5) is 11.5. The third-order valence-electron chi connectivity index (χ3n) is 2.11. The molecule has 0 heterocycles. The first-order valence-electron chi connectivity index (χ1n) is 4.48. The highest BCUT2D eigenvalue weighted by Gasteiger charge is 2.43. The molecule has 3 atom stereocenters. The van der Waals surface area contributed by atoms with Crippen molar-refractivity contribution in [1.29, 1.82) is 0 Å². The predicted octanol–water partition coefficient (Wildman–Crippen LogP) is 2.50. The van der Waals surface area contributed by atoms with E-state index < -0.39 is 0 Å². The molecule has 0 N–H and O–H groups in total. The van der Waals surface area contributed by atoms with Crippen LogP contribution in [0.25, 0.3) is 0 Å². The lowest BCUT2D eigenvalue weighted by Gasteiger charge is -2.03. The first-order chi connectivity index (χ1) is 5.65. The average Bonchev–Trinajstić information content (AvgIpc) is 2.67. The maximum Gasteiger partial charge on any atom is 0.306 e. The van der Waals surface area contributed by atoms with Gasteiger partial charge in [-0.15, -0.1) is 0 Å². The molecule has 1 saturated carbocycles. The summed E-state index contributed by atoms with van der Waals surface area (Å²) in [6.45, 7) is 4.08. The molecule has 0 aromatic rings. The van der Waals surface area contributed by atoms with E-state index in [0.717, 1.165) is 12.8 Å². The van der Waals surface area contributed by atoms with Gasteiger partial charge in [0, 0.05) is 17.2 Å². The van der Waals surface area contributed by atoms with Crippen LogP contribution in [0.4, 0.5) is 0 Å². The molecule has 70 valence electrons. The van der Waals surface area contributed by atoms with Gasteiger partial charge in [-0.25, -0.2) is 0 Å².